The molecule has 20 heavy (non-hydrogen) atoms. The van der Waals surface area contributed by atoms with Gasteiger partial charge in [0.15, 0.2) is 0 Å². The molecule has 13 nitrogen and oxygen atoms in total. The highest BCUT2D eigenvalue weighted by molar-refractivity contribution is 6.58. The summed E-state index contributed by atoms with van der Waals surface area (Å²) in [6.07, 6.45) is 0. The maximum atomic E-state index is 9.07. The van der Waals surface area contributed by atoms with Crippen molar-refractivity contribution in [2.24, 2.45) is 10.2 Å². The van der Waals surface area contributed by atoms with E-state index < -0.39 is 14.3 Å². The standard InChI is InChI=1S/C6H10N10O3Si/c1-3(20(17,18)19)2-9-4-10-5(13-15-7)12-6(11-4)14-16-8/h3,17-19H,2H2,1H3,(H,9,10,11,12). The van der Waals surface area contributed by atoms with Crippen LogP contribution in [0.15, 0.2) is 10.2 Å². The van der Waals surface area contributed by atoms with Gasteiger partial charge in [-0.15, -0.1) is 0 Å². The highest BCUT2D eigenvalue weighted by Crippen LogP contribution is 2.17. The molecule has 0 aliphatic rings. The van der Waals surface area contributed by atoms with Gasteiger partial charge < -0.3 is 19.7 Å². The van der Waals surface area contributed by atoms with Crippen LogP contribution in [0.4, 0.5) is 17.8 Å². The van der Waals surface area contributed by atoms with Gasteiger partial charge in [-0.25, -0.2) is 4.98 Å². The summed E-state index contributed by atoms with van der Waals surface area (Å²) >= 11 is 0. The molecule has 0 amide bonds. The number of nitrogens with zero attached hydrogens (tertiary/aromatic N) is 9. The predicted molar refractivity (Wildman–Crippen MR) is 67.8 cm³/mol. The molecule has 14 heteroatoms. The van der Waals surface area contributed by atoms with E-state index in [1.165, 1.54) is 6.92 Å². The van der Waals surface area contributed by atoms with Gasteiger partial charge in [-0.1, -0.05) is 6.92 Å². The van der Waals surface area contributed by atoms with E-state index in [0.717, 1.165) is 0 Å². The second kappa shape index (κ2) is 6.62. The van der Waals surface area contributed by atoms with E-state index in [1.54, 1.807) is 0 Å². The summed E-state index contributed by atoms with van der Waals surface area (Å²) in [5, 5.41) is 8.86. The molecule has 4 N–H and O–H groups in total. The average molecular weight is 298 g/mol. The lowest BCUT2D eigenvalue weighted by Gasteiger charge is -2.18. The minimum atomic E-state index is -4.27. The van der Waals surface area contributed by atoms with Gasteiger partial charge in [-0.05, 0) is 21.3 Å². The molecule has 0 bridgehead atoms. The molecule has 0 saturated heterocycles. The molecule has 0 aromatic carbocycles. The molecule has 0 aliphatic carbocycles. The Morgan fingerprint density at radius 1 is 1.15 bits per heavy atom. The van der Waals surface area contributed by atoms with Crippen LogP contribution in [-0.4, -0.2) is 44.7 Å². The van der Waals surface area contributed by atoms with Crippen molar-refractivity contribution in [3.05, 3.63) is 20.9 Å². The van der Waals surface area contributed by atoms with Gasteiger partial charge in [0.2, 0.25) is 17.8 Å². The Hall–Kier alpha value is -2.47. The Labute approximate surface area is 112 Å². The van der Waals surface area contributed by atoms with Gasteiger partial charge in [-0.2, -0.15) is 9.97 Å². The lowest BCUT2D eigenvalue weighted by atomic mass is 10.5. The average Bonchev–Trinajstić information content (AvgIpc) is 2.35. The summed E-state index contributed by atoms with van der Waals surface area (Å²) in [5.41, 5.74) is 15.8. The first-order chi connectivity index (χ1) is 9.36. The van der Waals surface area contributed by atoms with Crippen LogP contribution < -0.4 is 5.32 Å². The third-order valence-corrected chi connectivity index (χ3v) is 3.63. The van der Waals surface area contributed by atoms with Gasteiger partial charge in [0.25, 0.3) is 0 Å². The minimum Gasteiger partial charge on any atom is -0.390 e. The molecule has 1 atom stereocenters. The van der Waals surface area contributed by atoms with Crippen molar-refractivity contribution in [3.8, 4) is 0 Å². The fourth-order valence-electron chi connectivity index (χ4n) is 0.984. The summed E-state index contributed by atoms with van der Waals surface area (Å²) in [7, 11) is -4.27. The Morgan fingerprint density at radius 2 is 1.65 bits per heavy atom. The van der Waals surface area contributed by atoms with Crippen molar-refractivity contribution in [3.63, 3.8) is 0 Å². The Kier molecular flexibility index (Phi) is 5.16. The summed E-state index contributed by atoms with van der Waals surface area (Å²) in [6.45, 7) is 1.34. The normalized spacial score (nSPS) is 12.0. The second-order valence-electron chi connectivity index (χ2n) is 3.61. The molecule has 0 aliphatic heterocycles. The molecule has 0 radical (unpaired) electrons. The van der Waals surface area contributed by atoms with Gasteiger partial charge in [0.05, 0.1) is 0 Å². The number of anilines is 1. The van der Waals surface area contributed by atoms with Crippen molar-refractivity contribution in [1.82, 2.24) is 15.0 Å². The monoisotopic (exact) mass is 298 g/mol. The Bertz CT molecular complexity index is 539. The summed E-state index contributed by atoms with van der Waals surface area (Å²) in [5.74, 6) is -0.740. The van der Waals surface area contributed by atoms with Crippen molar-refractivity contribution in [2.45, 2.75) is 12.5 Å². The predicted octanol–water partition coefficient (Wildman–Crippen LogP) is 0.473. The van der Waals surface area contributed by atoms with E-state index in [-0.39, 0.29) is 24.4 Å². The van der Waals surface area contributed by atoms with Crippen molar-refractivity contribution in [1.29, 1.82) is 0 Å². The van der Waals surface area contributed by atoms with Crippen LogP contribution in [0.1, 0.15) is 6.92 Å². The third-order valence-electron chi connectivity index (χ3n) is 2.11. The fraction of sp³-hybridized carbons (Fsp3) is 0.500. The first-order valence-electron chi connectivity index (χ1n) is 5.14. The number of hydrogen-bond donors (Lipinski definition) is 4. The van der Waals surface area contributed by atoms with Gasteiger partial charge in [0, 0.05) is 21.9 Å². The van der Waals surface area contributed by atoms with E-state index in [9.17, 15) is 0 Å². The number of azide groups is 2. The van der Waals surface area contributed by atoms with Crippen LogP contribution in [0.5, 0.6) is 0 Å². The molecule has 0 spiro atoms. The Balaban J connectivity index is 2.94. The van der Waals surface area contributed by atoms with E-state index in [1.807, 2.05) is 0 Å². The van der Waals surface area contributed by atoms with Crippen molar-refractivity contribution >= 4 is 26.6 Å². The molecule has 1 unspecified atom stereocenters. The molecule has 1 rings (SSSR count). The summed E-state index contributed by atoms with van der Waals surface area (Å²) in [6, 6.07) is 0. The topological polar surface area (TPSA) is 209 Å². The molecule has 1 aromatic rings. The minimum absolute atomic E-state index is 0.0643. The van der Waals surface area contributed by atoms with Crippen molar-refractivity contribution in [2.75, 3.05) is 11.9 Å². The SMILES string of the molecule is CC(CNc1nc(N=[N+]=[N-])nc(N=[N+]=[N-])n1)[Si](O)(O)O. The van der Waals surface area contributed by atoms with Crippen LogP contribution in [-0.2, 0) is 0 Å². The van der Waals surface area contributed by atoms with Crippen LogP contribution in [0.25, 0.3) is 20.9 Å². The zero-order chi connectivity index (χ0) is 15.2. The highest BCUT2D eigenvalue weighted by atomic mass is 28.4. The van der Waals surface area contributed by atoms with E-state index in [0.29, 0.717) is 0 Å². The largest absolute Gasteiger partial charge is 0.497 e. The molecule has 0 fully saturated rings. The lowest BCUT2D eigenvalue weighted by molar-refractivity contribution is 0.214. The molecular weight excluding hydrogens is 288 g/mol. The summed E-state index contributed by atoms with van der Waals surface area (Å²) < 4.78 is 0. The third kappa shape index (κ3) is 4.66. The first-order valence-corrected chi connectivity index (χ1v) is 7.06. The van der Waals surface area contributed by atoms with Gasteiger partial charge in [-0.3, -0.25) is 0 Å². The molecule has 106 valence electrons. The summed E-state index contributed by atoms with van der Waals surface area (Å²) in [4.78, 5) is 43.1. The Morgan fingerprint density at radius 3 is 2.05 bits per heavy atom. The van der Waals surface area contributed by atoms with Gasteiger partial charge >= 0.3 is 8.80 Å². The van der Waals surface area contributed by atoms with E-state index in [4.69, 9.17) is 25.4 Å². The highest BCUT2D eigenvalue weighted by Gasteiger charge is 2.35. The first kappa shape index (κ1) is 15.6. The number of rotatable bonds is 6. The van der Waals surface area contributed by atoms with E-state index in [2.05, 4.69) is 40.3 Å². The van der Waals surface area contributed by atoms with Crippen LogP contribution >= 0.6 is 0 Å². The fourth-order valence-corrected chi connectivity index (χ4v) is 1.36. The second-order valence-corrected chi connectivity index (χ2v) is 5.97. The van der Waals surface area contributed by atoms with Crippen LogP contribution in [0.3, 0.4) is 0 Å². The van der Waals surface area contributed by atoms with Crippen LogP contribution in [0.2, 0.25) is 5.54 Å². The molecule has 0 saturated carbocycles. The molecule has 1 aromatic heterocycles. The zero-order valence-corrected chi connectivity index (χ0v) is 11.2. The quantitative estimate of drug-likeness (QED) is 0.252. The van der Waals surface area contributed by atoms with E-state index >= 15 is 0 Å². The maximum Gasteiger partial charge on any atom is 0.497 e. The zero-order valence-electron chi connectivity index (χ0n) is 10.2. The molecular formula is C6H10N10O3Si. The number of aromatic nitrogens is 3. The van der Waals surface area contributed by atoms with Crippen LogP contribution in [0, 0.1) is 0 Å². The van der Waals surface area contributed by atoms with Crippen molar-refractivity contribution < 1.29 is 14.4 Å². The lowest BCUT2D eigenvalue weighted by Crippen LogP contribution is -2.42. The van der Waals surface area contributed by atoms with Gasteiger partial charge in [0.1, 0.15) is 0 Å². The maximum absolute atomic E-state index is 9.07. The molecule has 1 heterocycles. The number of nitrogens with one attached hydrogen (secondary N) is 1. The number of hydrogen-bond acceptors (Lipinski definition) is 9. The smallest absolute Gasteiger partial charge is 0.390 e.